The molecule has 0 radical (unpaired) electrons. The van der Waals surface area contributed by atoms with Gasteiger partial charge in [0, 0.05) is 19.6 Å². The fourth-order valence-corrected chi connectivity index (χ4v) is 3.55. The lowest BCUT2D eigenvalue weighted by molar-refractivity contribution is -0.135. The number of sulfonamides is 1. The van der Waals surface area contributed by atoms with Gasteiger partial charge in [-0.2, -0.15) is 0 Å². The van der Waals surface area contributed by atoms with Crippen molar-refractivity contribution in [2.24, 2.45) is 11.8 Å². The Morgan fingerprint density at radius 3 is 2.00 bits per heavy atom. The summed E-state index contributed by atoms with van der Waals surface area (Å²) in [5, 5.41) is 0. The largest absolute Gasteiger partial charge is 0.452 e. The number of benzene rings is 1. The number of nitrogens with zero attached hydrogens (tertiary/aromatic N) is 1. The molecule has 1 rings (SSSR count). The van der Waals surface area contributed by atoms with Gasteiger partial charge in [0.15, 0.2) is 6.61 Å². The molecule has 1 N–H and O–H groups in total. The number of amides is 1. The summed E-state index contributed by atoms with van der Waals surface area (Å²) < 4.78 is 31.3. The molecule has 152 valence electrons. The summed E-state index contributed by atoms with van der Waals surface area (Å²) in [5.41, 5.74) is 0.192. The molecule has 0 saturated heterocycles. The first kappa shape index (κ1) is 23.1. The van der Waals surface area contributed by atoms with Crippen molar-refractivity contribution in [1.82, 2.24) is 9.62 Å². The van der Waals surface area contributed by atoms with E-state index in [9.17, 15) is 18.0 Å². The van der Waals surface area contributed by atoms with E-state index in [1.54, 1.807) is 11.8 Å². The number of carbonyl (C=O) groups is 2. The smallest absolute Gasteiger partial charge is 0.338 e. The number of hydrogen-bond donors (Lipinski definition) is 1. The van der Waals surface area contributed by atoms with Gasteiger partial charge in [-0.1, -0.05) is 34.6 Å². The van der Waals surface area contributed by atoms with Crippen molar-refractivity contribution in [3.63, 3.8) is 0 Å². The van der Waals surface area contributed by atoms with Crippen LogP contribution in [0.15, 0.2) is 29.2 Å². The Bertz CT molecular complexity index is 717. The van der Waals surface area contributed by atoms with Crippen LogP contribution in [0.5, 0.6) is 0 Å². The van der Waals surface area contributed by atoms with Crippen LogP contribution in [-0.4, -0.2) is 51.4 Å². The molecule has 1 aromatic carbocycles. The number of hydrogen-bond acceptors (Lipinski definition) is 5. The molecule has 0 spiro atoms. The van der Waals surface area contributed by atoms with E-state index in [1.807, 2.05) is 27.7 Å². The molecule has 0 heterocycles. The standard InChI is InChI=1S/C19H30N2O5S/c1-6-20-27(24,25)17-9-7-16(8-10-17)19(23)26-13-18(22)21(11-14(2)3)12-15(4)5/h7-10,14-15,20H,6,11-13H2,1-5H3. The third-order valence-corrected chi connectivity index (χ3v) is 5.15. The minimum atomic E-state index is -3.58. The highest BCUT2D eigenvalue weighted by Gasteiger charge is 2.19. The molecule has 0 aliphatic rings. The Labute approximate surface area is 162 Å². The Kier molecular flexibility index (Phi) is 8.92. The highest BCUT2D eigenvalue weighted by Crippen LogP contribution is 2.12. The topological polar surface area (TPSA) is 92.8 Å². The van der Waals surface area contributed by atoms with Crippen molar-refractivity contribution >= 4 is 21.9 Å². The number of esters is 1. The molecule has 0 saturated carbocycles. The summed E-state index contributed by atoms with van der Waals surface area (Å²) in [6.45, 7) is 10.9. The fourth-order valence-electron chi connectivity index (χ4n) is 2.51. The molecule has 0 atom stereocenters. The lowest BCUT2D eigenvalue weighted by Gasteiger charge is -2.26. The number of ether oxygens (including phenoxy) is 1. The Morgan fingerprint density at radius 2 is 1.56 bits per heavy atom. The molecule has 1 aromatic rings. The number of rotatable bonds is 10. The van der Waals surface area contributed by atoms with Crippen LogP contribution in [0, 0.1) is 11.8 Å². The highest BCUT2D eigenvalue weighted by atomic mass is 32.2. The fraction of sp³-hybridized carbons (Fsp3) is 0.579. The lowest BCUT2D eigenvalue weighted by atomic mass is 10.1. The summed E-state index contributed by atoms with van der Waals surface area (Å²) in [6, 6.07) is 5.41. The van der Waals surface area contributed by atoms with E-state index in [0.717, 1.165) is 0 Å². The van der Waals surface area contributed by atoms with Crippen molar-refractivity contribution in [3.8, 4) is 0 Å². The zero-order chi connectivity index (χ0) is 20.6. The van der Waals surface area contributed by atoms with E-state index in [4.69, 9.17) is 4.74 Å². The molecule has 27 heavy (non-hydrogen) atoms. The zero-order valence-electron chi connectivity index (χ0n) is 16.7. The third-order valence-electron chi connectivity index (χ3n) is 3.59. The molecular formula is C19H30N2O5S. The van der Waals surface area contributed by atoms with Crippen LogP contribution < -0.4 is 4.72 Å². The van der Waals surface area contributed by atoms with Gasteiger partial charge in [-0.05, 0) is 36.1 Å². The number of carbonyl (C=O) groups excluding carboxylic acids is 2. The van der Waals surface area contributed by atoms with E-state index in [0.29, 0.717) is 24.9 Å². The third kappa shape index (κ3) is 7.68. The van der Waals surface area contributed by atoms with Crippen LogP contribution >= 0.6 is 0 Å². The van der Waals surface area contributed by atoms with Crippen LogP contribution in [-0.2, 0) is 19.6 Å². The van der Waals surface area contributed by atoms with E-state index < -0.39 is 16.0 Å². The molecular weight excluding hydrogens is 368 g/mol. The molecule has 7 nitrogen and oxygen atoms in total. The SMILES string of the molecule is CCNS(=O)(=O)c1ccc(C(=O)OCC(=O)N(CC(C)C)CC(C)C)cc1. The quantitative estimate of drug-likeness (QED) is 0.611. The van der Waals surface area contributed by atoms with Crippen molar-refractivity contribution in [1.29, 1.82) is 0 Å². The first-order valence-electron chi connectivity index (χ1n) is 9.11. The first-order chi connectivity index (χ1) is 12.6. The maximum Gasteiger partial charge on any atom is 0.338 e. The summed E-state index contributed by atoms with van der Waals surface area (Å²) in [5.74, 6) is -0.272. The molecule has 0 aromatic heterocycles. The second-order valence-corrected chi connectivity index (χ2v) is 8.96. The molecule has 8 heteroatoms. The van der Waals surface area contributed by atoms with E-state index >= 15 is 0 Å². The van der Waals surface area contributed by atoms with Gasteiger partial charge in [0.05, 0.1) is 10.5 Å². The average molecular weight is 399 g/mol. The Hall–Kier alpha value is -1.93. The maximum atomic E-state index is 12.4. The Balaban J connectivity index is 2.71. The monoisotopic (exact) mass is 398 g/mol. The highest BCUT2D eigenvalue weighted by molar-refractivity contribution is 7.89. The van der Waals surface area contributed by atoms with Gasteiger partial charge < -0.3 is 9.64 Å². The van der Waals surface area contributed by atoms with Gasteiger partial charge in [0.1, 0.15) is 0 Å². The van der Waals surface area contributed by atoms with Gasteiger partial charge in [-0.3, -0.25) is 4.79 Å². The van der Waals surface area contributed by atoms with Gasteiger partial charge in [0.2, 0.25) is 10.0 Å². The van der Waals surface area contributed by atoms with Gasteiger partial charge >= 0.3 is 5.97 Å². The van der Waals surface area contributed by atoms with Crippen molar-refractivity contribution < 1.29 is 22.7 Å². The maximum absolute atomic E-state index is 12.4. The minimum absolute atomic E-state index is 0.0667. The van der Waals surface area contributed by atoms with Crippen molar-refractivity contribution in [2.45, 2.75) is 39.5 Å². The summed E-state index contributed by atoms with van der Waals surface area (Å²) in [4.78, 5) is 26.3. The van der Waals surface area contributed by atoms with Crippen molar-refractivity contribution in [3.05, 3.63) is 29.8 Å². The van der Waals surface area contributed by atoms with E-state index in [2.05, 4.69) is 4.72 Å². The molecule has 0 fully saturated rings. The molecule has 0 bridgehead atoms. The minimum Gasteiger partial charge on any atom is -0.452 e. The molecule has 1 amide bonds. The predicted octanol–water partition coefficient (Wildman–Crippen LogP) is 2.28. The predicted molar refractivity (Wildman–Crippen MR) is 104 cm³/mol. The average Bonchev–Trinajstić information content (AvgIpc) is 2.58. The molecule has 0 aliphatic heterocycles. The van der Waals surface area contributed by atoms with Gasteiger partial charge in [0.25, 0.3) is 5.91 Å². The van der Waals surface area contributed by atoms with Gasteiger partial charge in [-0.25, -0.2) is 17.9 Å². The summed E-state index contributed by atoms with van der Waals surface area (Å²) >= 11 is 0. The van der Waals surface area contributed by atoms with E-state index in [1.165, 1.54) is 24.3 Å². The van der Waals surface area contributed by atoms with Crippen LogP contribution in [0.25, 0.3) is 0 Å². The lowest BCUT2D eigenvalue weighted by Crippen LogP contribution is -2.39. The van der Waals surface area contributed by atoms with Crippen LogP contribution in [0.1, 0.15) is 45.0 Å². The van der Waals surface area contributed by atoms with Crippen molar-refractivity contribution in [2.75, 3.05) is 26.2 Å². The summed E-state index contributed by atoms with van der Waals surface area (Å²) in [7, 11) is -3.58. The second kappa shape index (κ2) is 10.4. The van der Waals surface area contributed by atoms with Gasteiger partial charge in [-0.15, -0.1) is 0 Å². The molecule has 0 unspecified atom stereocenters. The van der Waals surface area contributed by atoms with Crippen LogP contribution in [0.4, 0.5) is 0 Å². The second-order valence-electron chi connectivity index (χ2n) is 7.19. The molecule has 0 aliphatic carbocycles. The zero-order valence-corrected chi connectivity index (χ0v) is 17.5. The van der Waals surface area contributed by atoms with Crippen LogP contribution in [0.2, 0.25) is 0 Å². The normalized spacial score (nSPS) is 11.7. The summed E-state index contributed by atoms with van der Waals surface area (Å²) in [6.07, 6.45) is 0. The van der Waals surface area contributed by atoms with Crippen LogP contribution in [0.3, 0.4) is 0 Å². The first-order valence-corrected chi connectivity index (χ1v) is 10.6. The number of nitrogens with one attached hydrogen (secondary N) is 1. The van der Waals surface area contributed by atoms with E-state index in [-0.39, 0.29) is 29.5 Å². The Morgan fingerprint density at radius 1 is 1.04 bits per heavy atom.